The van der Waals surface area contributed by atoms with E-state index >= 15 is 0 Å². The van der Waals surface area contributed by atoms with Crippen molar-refractivity contribution >= 4 is 35.3 Å². The quantitative estimate of drug-likeness (QED) is 0.395. The summed E-state index contributed by atoms with van der Waals surface area (Å²) in [5.74, 6) is 1.60. The lowest BCUT2D eigenvalue weighted by Crippen LogP contribution is -2.54. The third-order valence-electron chi connectivity index (χ3n) is 5.87. The smallest absolute Gasteiger partial charge is 0.242 e. The summed E-state index contributed by atoms with van der Waals surface area (Å²) in [5, 5.41) is 0. The van der Waals surface area contributed by atoms with E-state index in [4.69, 9.17) is 37.9 Å². The van der Waals surface area contributed by atoms with E-state index in [1.807, 2.05) is 38.6 Å². The standard InChI is InChI=1S/C20H29N11.ClH/c21-12-5-13(22)8-29(7-12)18-26-19(30-9-14(23)6-15(24)10-30)28-20(27-18)31-11-25-16-3-1-2-4-17(16)31;/h1-4,11-15H,5-10,21-24H2;1H/t12-,13+,14-,15+;. The van der Waals surface area contributed by atoms with Gasteiger partial charge in [0.15, 0.2) is 0 Å². The molecule has 0 spiro atoms. The van der Waals surface area contributed by atoms with Crippen LogP contribution in [0.15, 0.2) is 30.6 Å². The molecule has 12 heteroatoms. The molecular formula is C20H30ClN11. The van der Waals surface area contributed by atoms with Gasteiger partial charge in [-0.2, -0.15) is 15.0 Å². The molecule has 8 N–H and O–H groups in total. The van der Waals surface area contributed by atoms with Gasteiger partial charge < -0.3 is 32.7 Å². The van der Waals surface area contributed by atoms with Crippen LogP contribution in [0.3, 0.4) is 0 Å². The fraction of sp³-hybridized carbons (Fsp3) is 0.500. The Hall–Kier alpha value is -2.57. The average molecular weight is 460 g/mol. The number of nitrogens with two attached hydrogens (primary N) is 4. The van der Waals surface area contributed by atoms with Crippen molar-refractivity contribution in [2.75, 3.05) is 36.0 Å². The zero-order chi connectivity index (χ0) is 21.5. The number of anilines is 2. The molecule has 0 bridgehead atoms. The largest absolute Gasteiger partial charge is 0.338 e. The maximum Gasteiger partial charge on any atom is 0.242 e. The lowest BCUT2D eigenvalue weighted by molar-refractivity contribution is 0.440. The van der Waals surface area contributed by atoms with Crippen LogP contribution >= 0.6 is 12.4 Å². The second-order valence-corrected chi connectivity index (χ2v) is 8.66. The molecule has 2 aromatic heterocycles. The van der Waals surface area contributed by atoms with Gasteiger partial charge >= 0.3 is 0 Å². The van der Waals surface area contributed by atoms with Gasteiger partial charge in [-0.05, 0) is 25.0 Å². The molecule has 0 unspecified atom stereocenters. The summed E-state index contributed by atoms with van der Waals surface area (Å²) in [7, 11) is 0. The summed E-state index contributed by atoms with van der Waals surface area (Å²) in [6.07, 6.45) is 3.29. The Morgan fingerprint density at radius 2 is 1.16 bits per heavy atom. The zero-order valence-corrected chi connectivity index (χ0v) is 18.6. The maximum atomic E-state index is 6.23. The molecule has 172 valence electrons. The van der Waals surface area contributed by atoms with Crippen molar-refractivity contribution in [1.82, 2.24) is 24.5 Å². The SMILES string of the molecule is Cl.N[C@@H]1C[C@H](N)CN(c2nc(N3C[C@H](N)C[C@H](N)C3)nc(-n3cnc4ccccc43)n2)C1. The molecule has 1 aromatic carbocycles. The molecule has 4 heterocycles. The Labute approximate surface area is 192 Å². The zero-order valence-electron chi connectivity index (χ0n) is 17.8. The number of nitrogens with zero attached hydrogens (tertiary/aromatic N) is 7. The first kappa shape index (κ1) is 22.6. The van der Waals surface area contributed by atoms with Crippen molar-refractivity contribution in [2.24, 2.45) is 22.9 Å². The van der Waals surface area contributed by atoms with Crippen molar-refractivity contribution in [1.29, 1.82) is 0 Å². The highest BCUT2D eigenvalue weighted by atomic mass is 35.5. The van der Waals surface area contributed by atoms with Crippen LogP contribution in [-0.2, 0) is 0 Å². The van der Waals surface area contributed by atoms with Gasteiger partial charge in [0, 0.05) is 50.3 Å². The summed E-state index contributed by atoms with van der Waals surface area (Å²) in [6.45, 7) is 2.56. The summed E-state index contributed by atoms with van der Waals surface area (Å²) in [6, 6.07) is 7.75. The third-order valence-corrected chi connectivity index (χ3v) is 5.87. The monoisotopic (exact) mass is 459 g/mol. The molecule has 0 amide bonds. The summed E-state index contributed by atoms with van der Waals surface area (Å²) in [5.41, 5.74) is 26.7. The van der Waals surface area contributed by atoms with Gasteiger partial charge in [0.1, 0.15) is 6.33 Å². The maximum absolute atomic E-state index is 6.23. The molecule has 32 heavy (non-hydrogen) atoms. The number of imidazole rings is 1. The highest BCUT2D eigenvalue weighted by molar-refractivity contribution is 5.85. The van der Waals surface area contributed by atoms with E-state index < -0.39 is 0 Å². The van der Waals surface area contributed by atoms with Crippen molar-refractivity contribution in [3.8, 4) is 5.95 Å². The Balaban J connectivity index is 0.00000245. The van der Waals surface area contributed by atoms with Crippen LogP contribution in [0.2, 0.25) is 0 Å². The van der Waals surface area contributed by atoms with Gasteiger partial charge in [0.25, 0.3) is 0 Å². The molecule has 0 aliphatic carbocycles. The van der Waals surface area contributed by atoms with E-state index in [1.54, 1.807) is 6.33 Å². The van der Waals surface area contributed by atoms with Crippen LogP contribution in [0.5, 0.6) is 0 Å². The van der Waals surface area contributed by atoms with Crippen molar-refractivity contribution in [3.05, 3.63) is 30.6 Å². The van der Waals surface area contributed by atoms with Crippen LogP contribution in [0.4, 0.5) is 11.9 Å². The van der Waals surface area contributed by atoms with Gasteiger partial charge in [0.2, 0.25) is 17.8 Å². The highest BCUT2D eigenvalue weighted by Gasteiger charge is 2.29. The number of hydrogen-bond acceptors (Lipinski definition) is 10. The number of hydrogen-bond donors (Lipinski definition) is 4. The number of aromatic nitrogens is 5. The van der Waals surface area contributed by atoms with Crippen LogP contribution in [0.1, 0.15) is 12.8 Å². The Morgan fingerprint density at radius 3 is 1.69 bits per heavy atom. The summed E-state index contributed by atoms with van der Waals surface area (Å²) >= 11 is 0. The second-order valence-electron chi connectivity index (χ2n) is 8.66. The van der Waals surface area contributed by atoms with Gasteiger partial charge in [-0.15, -0.1) is 12.4 Å². The third kappa shape index (κ3) is 4.48. The molecule has 2 saturated heterocycles. The van der Waals surface area contributed by atoms with Crippen molar-refractivity contribution in [2.45, 2.75) is 37.0 Å². The van der Waals surface area contributed by atoms with Crippen molar-refractivity contribution in [3.63, 3.8) is 0 Å². The molecule has 2 aliphatic heterocycles. The molecule has 0 radical (unpaired) electrons. The first-order chi connectivity index (χ1) is 15.0. The van der Waals surface area contributed by atoms with Gasteiger partial charge in [0.05, 0.1) is 11.0 Å². The Kier molecular flexibility index (Phi) is 6.45. The highest BCUT2D eigenvalue weighted by Crippen LogP contribution is 2.23. The van der Waals surface area contributed by atoms with E-state index in [1.165, 1.54) is 0 Å². The van der Waals surface area contributed by atoms with Crippen molar-refractivity contribution < 1.29 is 0 Å². The van der Waals surface area contributed by atoms with Gasteiger partial charge in [-0.1, -0.05) is 12.1 Å². The lowest BCUT2D eigenvalue weighted by Gasteiger charge is -2.37. The molecule has 0 saturated carbocycles. The number of fused-ring (bicyclic) bond motifs is 1. The first-order valence-electron chi connectivity index (χ1n) is 10.7. The van der Waals surface area contributed by atoms with Gasteiger partial charge in [-0.25, -0.2) is 4.98 Å². The van der Waals surface area contributed by atoms with E-state index in [-0.39, 0.29) is 36.6 Å². The average Bonchev–Trinajstić information content (AvgIpc) is 3.16. The second kappa shape index (κ2) is 9.12. The fourth-order valence-corrected chi connectivity index (χ4v) is 4.54. The van der Waals surface area contributed by atoms with E-state index in [0.29, 0.717) is 44.0 Å². The van der Waals surface area contributed by atoms with Crippen LogP contribution in [0, 0.1) is 0 Å². The number of benzene rings is 1. The lowest BCUT2D eigenvalue weighted by atomic mass is 10.0. The molecule has 3 aromatic rings. The minimum absolute atomic E-state index is 0. The van der Waals surface area contributed by atoms with E-state index in [0.717, 1.165) is 23.9 Å². The van der Waals surface area contributed by atoms with E-state index in [2.05, 4.69) is 4.98 Å². The molecule has 2 aliphatic rings. The predicted octanol–water partition coefficient (Wildman–Crippen LogP) is -0.638. The summed E-state index contributed by atoms with van der Waals surface area (Å²) in [4.78, 5) is 22.9. The predicted molar refractivity (Wildman–Crippen MR) is 127 cm³/mol. The number of halogens is 1. The van der Waals surface area contributed by atoms with Crippen LogP contribution in [0.25, 0.3) is 17.0 Å². The number of para-hydroxylation sites is 2. The molecule has 5 rings (SSSR count). The molecule has 4 atom stereocenters. The Bertz CT molecular complexity index is 1010. The number of rotatable bonds is 3. The minimum Gasteiger partial charge on any atom is -0.338 e. The topological polar surface area (TPSA) is 167 Å². The molecule has 11 nitrogen and oxygen atoms in total. The molecule has 2 fully saturated rings. The first-order valence-corrected chi connectivity index (χ1v) is 10.7. The minimum atomic E-state index is -0.0293. The van der Waals surface area contributed by atoms with Crippen LogP contribution in [-0.4, -0.2) is 74.8 Å². The summed E-state index contributed by atoms with van der Waals surface area (Å²) < 4.78 is 1.87. The van der Waals surface area contributed by atoms with Crippen LogP contribution < -0.4 is 32.7 Å². The fourth-order valence-electron chi connectivity index (χ4n) is 4.54. The normalized spacial score (nSPS) is 26.2. The molecular weight excluding hydrogens is 430 g/mol. The van der Waals surface area contributed by atoms with E-state index in [9.17, 15) is 0 Å². The van der Waals surface area contributed by atoms with Gasteiger partial charge in [-0.3, -0.25) is 4.57 Å². The number of piperidine rings is 2. The Morgan fingerprint density at radius 1 is 0.688 bits per heavy atom.